The molecular formula is C122H76N8. The van der Waals surface area contributed by atoms with Gasteiger partial charge in [0.1, 0.15) is 0 Å². The van der Waals surface area contributed by atoms with Crippen LogP contribution in [0.15, 0.2) is 461 Å². The van der Waals surface area contributed by atoms with E-state index < -0.39 is 10.8 Å². The zero-order chi connectivity index (χ0) is 85.5. The Balaban J connectivity index is 0.000000137. The molecule has 5 aromatic heterocycles. The second kappa shape index (κ2) is 29.7. The topological polar surface area (TPSA) is 83.8 Å². The molecule has 4 aliphatic rings. The van der Waals surface area contributed by atoms with Gasteiger partial charge in [0.25, 0.3) is 0 Å². The molecular weight excluding hydrogens is 1580 g/mol. The van der Waals surface area contributed by atoms with Crippen LogP contribution in [-0.2, 0) is 10.8 Å². The summed E-state index contributed by atoms with van der Waals surface area (Å²) in [5.41, 5.74) is 37.4. The first kappa shape index (κ1) is 74.2. The van der Waals surface area contributed by atoms with Gasteiger partial charge in [0, 0.05) is 82.6 Å². The summed E-state index contributed by atoms with van der Waals surface area (Å²) in [7, 11) is 0. The molecule has 23 aromatic rings. The third kappa shape index (κ3) is 11.4. The van der Waals surface area contributed by atoms with E-state index in [1.807, 2.05) is 30.3 Å². The van der Waals surface area contributed by atoms with Gasteiger partial charge < -0.3 is 9.80 Å². The fourth-order valence-electron chi connectivity index (χ4n) is 21.6. The van der Waals surface area contributed by atoms with Crippen molar-refractivity contribution in [3.8, 4) is 101 Å². The molecule has 2 aliphatic carbocycles. The number of aromatic nitrogens is 6. The second-order valence-corrected chi connectivity index (χ2v) is 34.2. The fraction of sp³-hybridized carbons (Fsp3) is 0.0164. The minimum atomic E-state index is -0.591. The van der Waals surface area contributed by atoms with Gasteiger partial charge in [-0.3, -0.25) is 0 Å². The zero-order valence-corrected chi connectivity index (χ0v) is 70.5. The summed E-state index contributed by atoms with van der Waals surface area (Å²) in [6.45, 7) is 0. The van der Waals surface area contributed by atoms with Crippen molar-refractivity contribution in [1.82, 2.24) is 29.9 Å². The van der Waals surface area contributed by atoms with E-state index in [-0.39, 0.29) is 0 Å². The average molecular weight is 1650 g/mol. The Kier molecular flexibility index (Phi) is 17.0. The van der Waals surface area contributed by atoms with E-state index in [0.717, 1.165) is 156 Å². The van der Waals surface area contributed by atoms with Gasteiger partial charge in [-0.25, -0.2) is 29.9 Å². The number of benzene rings is 18. The van der Waals surface area contributed by atoms with Gasteiger partial charge in [0.15, 0.2) is 5.82 Å². The van der Waals surface area contributed by atoms with Crippen LogP contribution in [0.2, 0.25) is 0 Å². The third-order valence-corrected chi connectivity index (χ3v) is 27.3. The number of rotatable bonds is 9. The maximum atomic E-state index is 5.57. The molecule has 0 amide bonds. The maximum absolute atomic E-state index is 5.57. The highest BCUT2D eigenvalue weighted by molar-refractivity contribution is 6.17. The van der Waals surface area contributed by atoms with Crippen molar-refractivity contribution in [2.24, 2.45) is 0 Å². The molecule has 0 N–H and O–H groups in total. The molecule has 130 heavy (non-hydrogen) atoms. The van der Waals surface area contributed by atoms with Crippen LogP contribution < -0.4 is 9.80 Å². The predicted molar refractivity (Wildman–Crippen MR) is 534 cm³/mol. The van der Waals surface area contributed by atoms with E-state index in [2.05, 4.69) is 441 Å². The molecule has 0 atom stereocenters. The fourth-order valence-corrected chi connectivity index (χ4v) is 21.6. The van der Waals surface area contributed by atoms with Gasteiger partial charge in [-0.1, -0.05) is 364 Å². The predicted octanol–water partition coefficient (Wildman–Crippen LogP) is 30.6. The average Bonchev–Trinajstić information content (AvgIpc) is 1.45. The van der Waals surface area contributed by atoms with Gasteiger partial charge in [-0.05, 0) is 175 Å². The first-order valence-corrected chi connectivity index (χ1v) is 44.5. The Bertz CT molecular complexity index is 8410. The summed E-state index contributed by atoms with van der Waals surface area (Å²) < 4.78 is 0. The molecule has 604 valence electrons. The number of anilines is 6. The number of nitrogens with zero attached hydrogens (tertiary/aromatic N) is 8. The Morgan fingerprint density at radius 1 is 0.177 bits per heavy atom. The van der Waals surface area contributed by atoms with E-state index in [9.17, 15) is 0 Å². The lowest BCUT2D eigenvalue weighted by Crippen LogP contribution is -2.36. The lowest BCUT2D eigenvalue weighted by Gasteiger charge is -2.45. The van der Waals surface area contributed by atoms with Crippen molar-refractivity contribution in [2.75, 3.05) is 9.80 Å². The highest BCUT2D eigenvalue weighted by atomic mass is 15.2. The van der Waals surface area contributed by atoms with Crippen LogP contribution in [-0.4, -0.2) is 29.9 Å². The molecule has 7 heterocycles. The van der Waals surface area contributed by atoms with Gasteiger partial charge in [-0.2, -0.15) is 0 Å². The van der Waals surface area contributed by atoms with Crippen LogP contribution in [0.3, 0.4) is 0 Å². The SMILES string of the molecule is c1ccc(-c2cc(-c3cccc(-c4nc5ccccc5c5cc6c(cc45)C4(c5ccccc5-c5ccccc54)c4ccccc4N6c4ccccc4)c3)nc(-c3ccccc3)n2)cc1.c1ccc(-c2ccc3ccc4ccc(-c5ccc(-c6nc7ccccc7c7cc8c(cc67)C6(c7ccccc7-c7ccccc76)c6ccccc6N8c6ccccc6)cc5)nc4c3n2)cc1. The van der Waals surface area contributed by atoms with E-state index in [4.69, 9.17) is 29.9 Å². The van der Waals surface area contributed by atoms with E-state index >= 15 is 0 Å². The van der Waals surface area contributed by atoms with Crippen molar-refractivity contribution in [3.63, 3.8) is 0 Å². The second-order valence-electron chi connectivity index (χ2n) is 34.2. The summed E-state index contributed by atoms with van der Waals surface area (Å²) >= 11 is 0. The third-order valence-electron chi connectivity index (χ3n) is 27.3. The molecule has 0 saturated heterocycles. The van der Waals surface area contributed by atoms with Crippen LogP contribution >= 0.6 is 0 Å². The molecule has 0 fully saturated rings. The molecule has 0 radical (unpaired) electrons. The maximum Gasteiger partial charge on any atom is 0.160 e. The normalized spacial score (nSPS) is 13.2. The van der Waals surface area contributed by atoms with Crippen LogP contribution in [0.1, 0.15) is 44.5 Å². The lowest BCUT2D eigenvalue weighted by atomic mass is 9.64. The van der Waals surface area contributed by atoms with Crippen LogP contribution in [0.5, 0.6) is 0 Å². The number of hydrogen-bond acceptors (Lipinski definition) is 8. The molecule has 8 nitrogen and oxygen atoms in total. The molecule has 0 bridgehead atoms. The Morgan fingerprint density at radius 2 is 0.515 bits per heavy atom. The Morgan fingerprint density at radius 3 is 0.977 bits per heavy atom. The molecule has 18 aromatic carbocycles. The van der Waals surface area contributed by atoms with E-state index in [0.29, 0.717) is 5.82 Å². The van der Waals surface area contributed by atoms with Crippen LogP contribution in [0.25, 0.3) is 166 Å². The van der Waals surface area contributed by atoms with Crippen molar-refractivity contribution >= 4 is 99.3 Å². The number of para-hydroxylation sites is 6. The first-order valence-electron chi connectivity index (χ1n) is 44.5. The summed E-state index contributed by atoms with van der Waals surface area (Å²) in [4.78, 5) is 36.8. The summed E-state index contributed by atoms with van der Waals surface area (Å²) in [5.74, 6) is 0.689. The van der Waals surface area contributed by atoms with Crippen LogP contribution in [0, 0.1) is 0 Å². The van der Waals surface area contributed by atoms with Gasteiger partial charge >= 0.3 is 0 Å². The molecule has 27 rings (SSSR count). The quantitative estimate of drug-likeness (QED) is 0.132. The highest BCUT2D eigenvalue weighted by Gasteiger charge is 2.54. The van der Waals surface area contributed by atoms with E-state index in [1.165, 1.54) is 83.5 Å². The lowest BCUT2D eigenvalue weighted by molar-refractivity contribution is 0.754. The van der Waals surface area contributed by atoms with Gasteiger partial charge in [0.05, 0.1) is 89.8 Å². The van der Waals surface area contributed by atoms with E-state index in [1.54, 1.807) is 0 Å². The molecule has 2 spiro atoms. The summed E-state index contributed by atoms with van der Waals surface area (Å²) in [5, 5.41) is 8.91. The van der Waals surface area contributed by atoms with Crippen LogP contribution in [0.4, 0.5) is 34.1 Å². The van der Waals surface area contributed by atoms with Gasteiger partial charge in [-0.15, -0.1) is 0 Å². The summed E-state index contributed by atoms with van der Waals surface area (Å²) in [6.07, 6.45) is 0. The zero-order valence-electron chi connectivity index (χ0n) is 70.5. The standard InChI is InChI=1S/C62H38N4.C60H38N4/c1-3-15-39(16-4-1)54-35-33-42-31-32-43-34-36-55(64-61(43)60(42)63-54)40-27-29-41(30-28-40)59-49-37-53-58(38-48(49)47-21-9-13-25-56(47)65-59)66(44-17-5-2-6-18-44)57-26-14-12-24-52(57)62(53)50-22-10-7-19-45(50)46-20-8-11-23-51(46)62;1-4-19-39(20-5-1)54-38-55(63-59(62-54)40-21-6-2-7-22-40)41-23-18-24-42(35-41)58-48-36-52-57(37-47(48)46-29-12-16-33-53(46)61-58)64(43-25-8-3-9-26-43)56-34-17-15-32-51(56)60(52)49-30-13-10-27-44(49)45-28-11-14-31-50(45)60/h1-38H;1-38H. The number of fused-ring (bicyclic) bond motifs is 27. The van der Waals surface area contributed by atoms with Crippen molar-refractivity contribution in [3.05, 3.63) is 506 Å². The van der Waals surface area contributed by atoms with Crippen molar-refractivity contribution in [1.29, 1.82) is 0 Å². The number of pyridine rings is 4. The molecule has 0 saturated carbocycles. The highest BCUT2D eigenvalue weighted by Crippen LogP contribution is 2.67. The number of hydrogen-bond donors (Lipinski definition) is 0. The Hall–Kier alpha value is -17.2. The molecule has 8 heteroatoms. The van der Waals surface area contributed by atoms with Crippen molar-refractivity contribution < 1.29 is 0 Å². The summed E-state index contributed by atoms with van der Waals surface area (Å²) in [6, 6.07) is 166. The Labute approximate surface area is 751 Å². The first-order chi connectivity index (χ1) is 64.5. The smallest absolute Gasteiger partial charge is 0.160 e. The largest absolute Gasteiger partial charge is 0.310 e. The molecule has 0 unspecified atom stereocenters. The van der Waals surface area contributed by atoms with Gasteiger partial charge in [0.2, 0.25) is 0 Å². The minimum absolute atomic E-state index is 0.575. The minimum Gasteiger partial charge on any atom is -0.310 e. The monoisotopic (exact) mass is 1650 g/mol. The molecule has 2 aliphatic heterocycles. The van der Waals surface area contributed by atoms with Crippen molar-refractivity contribution in [2.45, 2.75) is 10.8 Å².